The Kier molecular flexibility index (Phi) is 9.45. The molecule has 0 aromatic heterocycles. The second kappa shape index (κ2) is 7.76. The molecule has 0 aliphatic carbocycles. The Labute approximate surface area is 97.6 Å². The molecule has 0 aromatic rings. The Morgan fingerprint density at radius 1 is 1.00 bits per heavy atom. The molecule has 0 rings (SSSR count). The van der Waals surface area contributed by atoms with Crippen LogP contribution in [0.25, 0.3) is 0 Å². The summed E-state index contributed by atoms with van der Waals surface area (Å²) in [6.45, 7) is 10.4. The van der Waals surface area contributed by atoms with Gasteiger partial charge in [0.25, 0.3) is 0 Å². The standard InChI is InChI=1S/C11H22O.Ti/c1-8(2)6-11(10(5)12)7-9(3)4;/h8-9,11H,6-7H2,1-5H3;. The summed E-state index contributed by atoms with van der Waals surface area (Å²) in [4.78, 5) is 11.2. The number of hydrogen-bond donors (Lipinski definition) is 0. The molecular weight excluding hydrogens is 196 g/mol. The predicted octanol–water partition coefficient (Wildman–Crippen LogP) is 3.28. The first-order valence-corrected chi connectivity index (χ1v) is 4.94. The van der Waals surface area contributed by atoms with Crippen LogP contribution in [0.1, 0.15) is 47.5 Å². The smallest absolute Gasteiger partial charge is 0.132 e. The molecule has 0 atom stereocenters. The van der Waals surface area contributed by atoms with Crippen LogP contribution in [-0.4, -0.2) is 5.78 Å². The van der Waals surface area contributed by atoms with Crippen LogP contribution in [0.3, 0.4) is 0 Å². The van der Waals surface area contributed by atoms with Crippen LogP contribution in [0.5, 0.6) is 0 Å². The molecule has 13 heavy (non-hydrogen) atoms. The number of carbonyl (C=O) groups excluding carboxylic acids is 1. The van der Waals surface area contributed by atoms with E-state index in [0.717, 1.165) is 12.8 Å². The van der Waals surface area contributed by atoms with Gasteiger partial charge in [-0.25, -0.2) is 0 Å². The molecule has 0 unspecified atom stereocenters. The van der Waals surface area contributed by atoms with E-state index >= 15 is 0 Å². The number of rotatable bonds is 5. The van der Waals surface area contributed by atoms with Gasteiger partial charge in [-0.3, -0.25) is 4.79 Å². The Hall–Kier alpha value is 0.384. The van der Waals surface area contributed by atoms with E-state index in [9.17, 15) is 4.79 Å². The average Bonchev–Trinajstić information content (AvgIpc) is 1.83. The van der Waals surface area contributed by atoms with E-state index in [-0.39, 0.29) is 21.7 Å². The first kappa shape index (κ1) is 15.8. The summed E-state index contributed by atoms with van der Waals surface area (Å²) in [5, 5.41) is 0. The monoisotopic (exact) mass is 218 g/mol. The molecule has 0 heterocycles. The van der Waals surface area contributed by atoms with E-state index < -0.39 is 0 Å². The molecule has 1 nitrogen and oxygen atoms in total. The maximum Gasteiger partial charge on any atom is 0.132 e. The predicted molar refractivity (Wildman–Crippen MR) is 53.1 cm³/mol. The summed E-state index contributed by atoms with van der Waals surface area (Å²) < 4.78 is 0. The second-order valence-corrected chi connectivity index (χ2v) is 4.57. The molecule has 0 aliphatic rings. The molecule has 2 heteroatoms. The molecule has 0 saturated carbocycles. The minimum absolute atomic E-state index is 0. The van der Waals surface area contributed by atoms with Crippen molar-refractivity contribution in [3.63, 3.8) is 0 Å². The third-order valence-corrected chi connectivity index (χ3v) is 2.09. The molecule has 0 fully saturated rings. The van der Waals surface area contributed by atoms with Crippen molar-refractivity contribution in [3.8, 4) is 0 Å². The summed E-state index contributed by atoms with van der Waals surface area (Å²) in [6, 6.07) is 0. The first-order valence-electron chi connectivity index (χ1n) is 4.94. The van der Waals surface area contributed by atoms with Crippen molar-refractivity contribution < 1.29 is 26.5 Å². The number of Topliss-reactive ketones (excluding diaryl/α,β-unsaturated/α-hetero) is 1. The van der Waals surface area contributed by atoms with Crippen molar-refractivity contribution >= 4 is 5.78 Å². The fourth-order valence-corrected chi connectivity index (χ4v) is 1.57. The number of ketones is 1. The van der Waals surface area contributed by atoms with Gasteiger partial charge in [0.15, 0.2) is 0 Å². The van der Waals surface area contributed by atoms with Crippen LogP contribution in [0.4, 0.5) is 0 Å². The first-order chi connectivity index (χ1) is 5.43. The van der Waals surface area contributed by atoms with Crippen LogP contribution in [0, 0.1) is 17.8 Å². The topological polar surface area (TPSA) is 17.1 Å². The molecule has 0 bridgehead atoms. The second-order valence-electron chi connectivity index (χ2n) is 4.57. The molecule has 0 aliphatic heterocycles. The molecule has 0 N–H and O–H groups in total. The van der Waals surface area contributed by atoms with Crippen LogP contribution >= 0.6 is 0 Å². The van der Waals surface area contributed by atoms with Crippen LogP contribution in [0.15, 0.2) is 0 Å². The Bertz CT molecular complexity index is 131. The van der Waals surface area contributed by atoms with Crippen LogP contribution in [-0.2, 0) is 26.5 Å². The maximum absolute atomic E-state index is 11.2. The molecular formula is C11H22OTi. The number of hydrogen-bond acceptors (Lipinski definition) is 1. The zero-order chi connectivity index (χ0) is 9.72. The normalized spacial score (nSPS) is 10.8. The largest absolute Gasteiger partial charge is 0.300 e. The summed E-state index contributed by atoms with van der Waals surface area (Å²) in [6.07, 6.45) is 2.10. The van der Waals surface area contributed by atoms with Crippen molar-refractivity contribution in [1.29, 1.82) is 0 Å². The van der Waals surface area contributed by atoms with E-state index in [0.29, 0.717) is 23.5 Å². The fraction of sp³-hybridized carbons (Fsp3) is 0.909. The van der Waals surface area contributed by atoms with E-state index in [1.165, 1.54) is 0 Å². The van der Waals surface area contributed by atoms with Gasteiger partial charge in [0, 0.05) is 27.6 Å². The average molecular weight is 218 g/mol. The zero-order valence-electron chi connectivity index (χ0n) is 9.55. The summed E-state index contributed by atoms with van der Waals surface area (Å²) in [5.41, 5.74) is 0. The van der Waals surface area contributed by atoms with Gasteiger partial charge in [0.2, 0.25) is 0 Å². The SMILES string of the molecule is CC(=O)C(CC(C)C)CC(C)C.[Ti]. The summed E-state index contributed by atoms with van der Waals surface area (Å²) in [5.74, 6) is 1.93. The Morgan fingerprint density at radius 2 is 1.31 bits per heavy atom. The van der Waals surface area contributed by atoms with Crippen LogP contribution in [0.2, 0.25) is 0 Å². The Morgan fingerprint density at radius 3 is 1.46 bits per heavy atom. The van der Waals surface area contributed by atoms with Gasteiger partial charge in [0.05, 0.1) is 0 Å². The van der Waals surface area contributed by atoms with Crippen molar-refractivity contribution in [2.75, 3.05) is 0 Å². The quantitative estimate of drug-likeness (QED) is 0.647. The van der Waals surface area contributed by atoms with Gasteiger partial charge in [-0.2, -0.15) is 0 Å². The van der Waals surface area contributed by atoms with Crippen molar-refractivity contribution in [3.05, 3.63) is 0 Å². The van der Waals surface area contributed by atoms with E-state index in [1.807, 2.05) is 0 Å². The van der Waals surface area contributed by atoms with Crippen molar-refractivity contribution in [2.45, 2.75) is 47.5 Å². The molecule has 76 valence electrons. The molecule has 0 amide bonds. The molecule has 0 aromatic carbocycles. The summed E-state index contributed by atoms with van der Waals surface area (Å²) in [7, 11) is 0. The van der Waals surface area contributed by atoms with E-state index in [2.05, 4.69) is 27.7 Å². The van der Waals surface area contributed by atoms with Gasteiger partial charge >= 0.3 is 0 Å². The third-order valence-electron chi connectivity index (χ3n) is 2.09. The minimum Gasteiger partial charge on any atom is -0.300 e. The third kappa shape index (κ3) is 8.71. The van der Waals surface area contributed by atoms with Gasteiger partial charge in [-0.1, -0.05) is 27.7 Å². The van der Waals surface area contributed by atoms with Gasteiger partial charge in [-0.05, 0) is 31.6 Å². The van der Waals surface area contributed by atoms with Gasteiger partial charge in [0.1, 0.15) is 5.78 Å². The number of carbonyl (C=O) groups is 1. The maximum atomic E-state index is 11.2. The fourth-order valence-electron chi connectivity index (χ4n) is 1.57. The minimum atomic E-state index is 0. The van der Waals surface area contributed by atoms with Crippen molar-refractivity contribution in [2.24, 2.45) is 17.8 Å². The Balaban J connectivity index is 0. The van der Waals surface area contributed by atoms with E-state index in [1.54, 1.807) is 6.92 Å². The van der Waals surface area contributed by atoms with Gasteiger partial charge in [-0.15, -0.1) is 0 Å². The van der Waals surface area contributed by atoms with Gasteiger partial charge < -0.3 is 0 Å². The van der Waals surface area contributed by atoms with E-state index in [4.69, 9.17) is 0 Å². The van der Waals surface area contributed by atoms with Crippen LogP contribution < -0.4 is 0 Å². The zero-order valence-corrected chi connectivity index (χ0v) is 11.1. The van der Waals surface area contributed by atoms with Crippen molar-refractivity contribution in [1.82, 2.24) is 0 Å². The summed E-state index contributed by atoms with van der Waals surface area (Å²) >= 11 is 0. The molecule has 0 radical (unpaired) electrons. The molecule has 0 spiro atoms. The molecule has 0 saturated heterocycles.